The number of halogens is 1. The van der Waals surface area contributed by atoms with Crippen molar-refractivity contribution < 1.29 is 0 Å². The Bertz CT molecular complexity index is 445. The van der Waals surface area contributed by atoms with E-state index in [4.69, 9.17) is 0 Å². The van der Waals surface area contributed by atoms with E-state index in [1.165, 1.54) is 17.0 Å². The van der Waals surface area contributed by atoms with Gasteiger partial charge in [-0.05, 0) is 39.2 Å². The molecule has 0 saturated heterocycles. The van der Waals surface area contributed by atoms with Crippen LogP contribution in [0.2, 0.25) is 0 Å². The second-order valence-electron chi connectivity index (χ2n) is 4.74. The molecular weight excluding hydrogens is 397 g/mol. The molecule has 1 heterocycles. The summed E-state index contributed by atoms with van der Waals surface area (Å²) in [7, 11) is 1.97. The van der Waals surface area contributed by atoms with Crippen LogP contribution in [0.4, 0.5) is 0 Å². The van der Waals surface area contributed by atoms with Crippen LogP contribution < -0.4 is 10.6 Å². The van der Waals surface area contributed by atoms with Crippen LogP contribution in [0.1, 0.15) is 30.3 Å². The van der Waals surface area contributed by atoms with Crippen molar-refractivity contribution in [3.63, 3.8) is 0 Å². The third kappa shape index (κ3) is 6.90. The van der Waals surface area contributed by atoms with Gasteiger partial charge in [0.1, 0.15) is 0 Å². The van der Waals surface area contributed by atoms with Crippen molar-refractivity contribution in [1.29, 1.82) is 0 Å². The molecule has 7 heteroatoms. The Hall–Kier alpha value is -0.440. The first-order valence-electron chi connectivity index (χ1n) is 7.10. The molecule has 0 fully saturated rings. The highest BCUT2D eigenvalue weighted by molar-refractivity contribution is 14.0. The first kappa shape index (κ1) is 20.6. The van der Waals surface area contributed by atoms with E-state index in [1.54, 1.807) is 0 Å². The molecule has 0 radical (unpaired) electrons. The summed E-state index contributed by atoms with van der Waals surface area (Å²) in [5, 5.41) is 11.1. The summed E-state index contributed by atoms with van der Waals surface area (Å²) < 4.78 is 1.92. The maximum atomic E-state index is 4.65. The molecule has 1 rings (SSSR count). The largest absolute Gasteiger partial charge is 0.357 e. The van der Waals surface area contributed by atoms with Crippen molar-refractivity contribution in [3.8, 4) is 0 Å². The molecule has 122 valence electrons. The van der Waals surface area contributed by atoms with Gasteiger partial charge in [-0.2, -0.15) is 16.9 Å². The molecule has 21 heavy (non-hydrogen) atoms. The Morgan fingerprint density at radius 3 is 2.57 bits per heavy atom. The Morgan fingerprint density at radius 1 is 1.33 bits per heavy atom. The zero-order valence-electron chi connectivity index (χ0n) is 13.7. The number of nitrogens with one attached hydrogen (secondary N) is 2. The molecule has 0 amide bonds. The minimum Gasteiger partial charge on any atom is -0.357 e. The second kappa shape index (κ2) is 11.2. The first-order valence-corrected chi connectivity index (χ1v) is 8.49. The summed E-state index contributed by atoms with van der Waals surface area (Å²) in [6.45, 7) is 8.71. The van der Waals surface area contributed by atoms with Crippen molar-refractivity contribution in [3.05, 3.63) is 17.0 Å². The van der Waals surface area contributed by atoms with Gasteiger partial charge >= 0.3 is 0 Å². The van der Waals surface area contributed by atoms with Crippen LogP contribution in [0.5, 0.6) is 0 Å². The topological polar surface area (TPSA) is 54.2 Å². The van der Waals surface area contributed by atoms with Gasteiger partial charge in [-0.1, -0.05) is 0 Å². The molecule has 2 N–H and O–H groups in total. The van der Waals surface area contributed by atoms with Gasteiger partial charge in [0, 0.05) is 31.4 Å². The molecule has 0 aliphatic rings. The summed E-state index contributed by atoms with van der Waals surface area (Å²) in [5.41, 5.74) is 3.46. The monoisotopic (exact) mass is 425 g/mol. The van der Waals surface area contributed by atoms with Crippen molar-refractivity contribution in [1.82, 2.24) is 20.4 Å². The van der Waals surface area contributed by atoms with Crippen LogP contribution in [0.25, 0.3) is 0 Å². The highest BCUT2D eigenvalue weighted by Gasteiger charge is 2.08. The predicted molar refractivity (Wildman–Crippen MR) is 104 cm³/mol. The zero-order chi connectivity index (χ0) is 15.0. The van der Waals surface area contributed by atoms with E-state index in [1.807, 2.05) is 30.4 Å². The SMILES string of the molecule is CCNC(=NCc1c(C)nn(C)c1C)NCCCSC.I. The van der Waals surface area contributed by atoms with E-state index in [-0.39, 0.29) is 24.0 Å². The normalized spacial score (nSPS) is 11.2. The summed E-state index contributed by atoms with van der Waals surface area (Å²) >= 11 is 1.87. The number of guanidine groups is 1. The van der Waals surface area contributed by atoms with E-state index in [9.17, 15) is 0 Å². The lowest BCUT2D eigenvalue weighted by molar-refractivity contribution is 0.729. The zero-order valence-corrected chi connectivity index (χ0v) is 16.8. The third-order valence-corrected chi connectivity index (χ3v) is 3.91. The van der Waals surface area contributed by atoms with E-state index < -0.39 is 0 Å². The molecule has 0 spiro atoms. The van der Waals surface area contributed by atoms with Gasteiger partial charge in [0.2, 0.25) is 0 Å². The van der Waals surface area contributed by atoms with Crippen molar-refractivity contribution in [2.75, 3.05) is 25.1 Å². The molecule has 0 bridgehead atoms. The van der Waals surface area contributed by atoms with Crippen molar-refractivity contribution >= 4 is 41.7 Å². The molecule has 0 atom stereocenters. The summed E-state index contributed by atoms with van der Waals surface area (Å²) in [6.07, 6.45) is 3.28. The summed E-state index contributed by atoms with van der Waals surface area (Å²) in [5.74, 6) is 2.06. The van der Waals surface area contributed by atoms with Gasteiger partial charge in [-0.15, -0.1) is 24.0 Å². The number of hydrogen-bond acceptors (Lipinski definition) is 3. The number of hydrogen-bond donors (Lipinski definition) is 2. The number of thioether (sulfide) groups is 1. The molecule has 1 aromatic rings. The Morgan fingerprint density at radius 2 is 2.05 bits per heavy atom. The average Bonchev–Trinajstić information content (AvgIpc) is 2.66. The van der Waals surface area contributed by atoms with Gasteiger partial charge < -0.3 is 10.6 Å². The van der Waals surface area contributed by atoms with Crippen LogP contribution >= 0.6 is 35.7 Å². The number of aromatic nitrogens is 2. The lowest BCUT2D eigenvalue weighted by Crippen LogP contribution is -2.37. The highest BCUT2D eigenvalue weighted by Crippen LogP contribution is 2.12. The van der Waals surface area contributed by atoms with Crippen molar-refractivity contribution in [2.24, 2.45) is 12.0 Å². The van der Waals surface area contributed by atoms with E-state index in [2.05, 4.69) is 40.8 Å². The minimum atomic E-state index is 0. The molecule has 0 aliphatic heterocycles. The molecule has 0 aliphatic carbocycles. The van der Waals surface area contributed by atoms with Gasteiger partial charge in [-0.25, -0.2) is 4.99 Å². The highest BCUT2D eigenvalue weighted by atomic mass is 127. The third-order valence-electron chi connectivity index (χ3n) is 3.22. The maximum Gasteiger partial charge on any atom is 0.191 e. The van der Waals surface area contributed by atoms with Gasteiger partial charge in [0.25, 0.3) is 0 Å². The average molecular weight is 425 g/mol. The quantitative estimate of drug-likeness (QED) is 0.305. The number of aliphatic imine (C=N–C) groups is 1. The minimum absolute atomic E-state index is 0. The number of aryl methyl sites for hydroxylation is 2. The lowest BCUT2D eigenvalue weighted by Gasteiger charge is -2.11. The smallest absolute Gasteiger partial charge is 0.191 e. The van der Waals surface area contributed by atoms with Crippen molar-refractivity contribution in [2.45, 2.75) is 33.7 Å². The second-order valence-corrected chi connectivity index (χ2v) is 5.73. The Kier molecular flexibility index (Phi) is 10.9. The van der Waals surface area contributed by atoms with Crippen LogP contribution in [0, 0.1) is 13.8 Å². The molecule has 0 saturated carbocycles. The van der Waals surface area contributed by atoms with Crippen LogP contribution in [0.3, 0.4) is 0 Å². The van der Waals surface area contributed by atoms with E-state index in [0.29, 0.717) is 6.54 Å². The first-order chi connectivity index (χ1) is 9.60. The van der Waals surface area contributed by atoms with Gasteiger partial charge in [0.15, 0.2) is 5.96 Å². The molecule has 1 aromatic heterocycles. The molecule has 0 aromatic carbocycles. The van der Waals surface area contributed by atoms with Crippen LogP contribution in [-0.2, 0) is 13.6 Å². The molecular formula is C14H28IN5S. The number of nitrogens with zero attached hydrogens (tertiary/aromatic N) is 3. The fourth-order valence-corrected chi connectivity index (χ4v) is 2.40. The molecule has 5 nitrogen and oxygen atoms in total. The van der Waals surface area contributed by atoms with Crippen LogP contribution in [0.15, 0.2) is 4.99 Å². The standard InChI is InChI=1S/C14H27N5S.HI/c1-6-15-14(16-8-7-9-20-5)17-10-13-11(2)18-19(4)12(13)3;/h6-10H2,1-5H3,(H2,15,16,17);1H. The van der Waals surface area contributed by atoms with Gasteiger partial charge in [-0.3, -0.25) is 4.68 Å². The maximum absolute atomic E-state index is 4.65. The van der Waals surface area contributed by atoms with Crippen LogP contribution in [-0.4, -0.2) is 40.8 Å². The summed E-state index contributed by atoms with van der Waals surface area (Å²) in [4.78, 5) is 4.65. The predicted octanol–water partition coefficient (Wildman–Crippen LogP) is 2.46. The number of rotatable bonds is 7. The molecule has 0 unspecified atom stereocenters. The summed E-state index contributed by atoms with van der Waals surface area (Å²) in [6, 6.07) is 0. The van der Waals surface area contributed by atoms with Gasteiger partial charge in [0.05, 0.1) is 12.2 Å². The Labute approximate surface area is 149 Å². The van der Waals surface area contributed by atoms with E-state index in [0.717, 1.165) is 31.2 Å². The fraction of sp³-hybridized carbons (Fsp3) is 0.714. The lowest BCUT2D eigenvalue weighted by atomic mass is 10.2. The fourth-order valence-electron chi connectivity index (χ4n) is 1.97. The van der Waals surface area contributed by atoms with E-state index >= 15 is 0 Å². The Balaban J connectivity index is 0.00000400.